The Labute approximate surface area is 132 Å². The van der Waals surface area contributed by atoms with Gasteiger partial charge in [0.2, 0.25) is 0 Å². The molecule has 0 bridgehead atoms. The molecule has 3 heteroatoms. The molecule has 0 unspecified atom stereocenters. The van der Waals surface area contributed by atoms with E-state index in [0.717, 1.165) is 32.4 Å². The molecule has 0 N–H and O–H groups in total. The highest BCUT2D eigenvalue weighted by Gasteiger charge is 2.02. The van der Waals surface area contributed by atoms with Crippen LogP contribution in [0.15, 0.2) is 59.1 Å². The van der Waals surface area contributed by atoms with E-state index >= 15 is 0 Å². The van der Waals surface area contributed by atoms with Crippen LogP contribution in [-0.2, 0) is 0 Å². The summed E-state index contributed by atoms with van der Waals surface area (Å²) in [6.45, 7) is 0. The molecule has 0 saturated carbocycles. The van der Waals surface area contributed by atoms with Gasteiger partial charge < -0.3 is 4.74 Å². The van der Waals surface area contributed by atoms with Gasteiger partial charge in [-0.1, -0.05) is 58.4 Å². The molecule has 104 valence electrons. The lowest BCUT2D eigenvalue weighted by atomic mass is 10.1. The first kappa shape index (κ1) is 13.8. The van der Waals surface area contributed by atoms with E-state index in [4.69, 9.17) is 4.74 Å². The van der Waals surface area contributed by atoms with Crippen molar-refractivity contribution in [1.82, 2.24) is 4.98 Å². The fraction of sp³-hybridized carbons (Fsp3) is 0.0556. The van der Waals surface area contributed by atoms with E-state index in [2.05, 4.69) is 33.0 Å². The average molecular weight is 340 g/mol. The SMILES string of the molecule is COc1cccc2ccc(C=Cc3ccccc3Br)nc12. The highest BCUT2D eigenvalue weighted by atomic mass is 79.9. The van der Waals surface area contributed by atoms with E-state index in [1.165, 1.54) is 0 Å². The first-order valence-electron chi connectivity index (χ1n) is 6.64. The number of methoxy groups -OCH3 is 1. The van der Waals surface area contributed by atoms with Crippen molar-refractivity contribution >= 4 is 39.0 Å². The first-order valence-corrected chi connectivity index (χ1v) is 7.43. The van der Waals surface area contributed by atoms with Gasteiger partial charge in [0.25, 0.3) is 0 Å². The molecule has 0 amide bonds. The first-order chi connectivity index (χ1) is 10.3. The van der Waals surface area contributed by atoms with Crippen LogP contribution in [0.3, 0.4) is 0 Å². The minimum absolute atomic E-state index is 0.795. The Morgan fingerprint density at radius 3 is 2.62 bits per heavy atom. The molecule has 3 aromatic rings. The number of hydrogen-bond donors (Lipinski definition) is 0. The molecule has 0 aliphatic heterocycles. The second-order valence-electron chi connectivity index (χ2n) is 4.62. The summed E-state index contributed by atoms with van der Waals surface area (Å²) >= 11 is 3.54. The predicted molar refractivity (Wildman–Crippen MR) is 91.4 cm³/mol. The van der Waals surface area contributed by atoms with Gasteiger partial charge in [0.15, 0.2) is 0 Å². The Hall–Kier alpha value is -2.13. The van der Waals surface area contributed by atoms with Crippen molar-refractivity contribution in [2.75, 3.05) is 7.11 Å². The van der Waals surface area contributed by atoms with Crippen LogP contribution in [0, 0.1) is 0 Å². The Morgan fingerprint density at radius 2 is 1.81 bits per heavy atom. The topological polar surface area (TPSA) is 22.1 Å². The maximum Gasteiger partial charge on any atom is 0.145 e. The Kier molecular flexibility index (Phi) is 4.02. The van der Waals surface area contributed by atoms with Crippen molar-refractivity contribution in [2.45, 2.75) is 0 Å². The minimum Gasteiger partial charge on any atom is -0.494 e. The highest BCUT2D eigenvalue weighted by molar-refractivity contribution is 9.10. The second kappa shape index (κ2) is 6.10. The molecule has 0 aliphatic carbocycles. The van der Waals surface area contributed by atoms with E-state index in [-0.39, 0.29) is 0 Å². The van der Waals surface area contributed by atoms with Crippen LogP contribution in [0.1, 0.15) is 11.3 Å². The summed E-state index contributed by atoms with van der Waals surface area (Å²) in [6.07, 6.45) is 4.06. The summed E-state index contributed by atoms with van der Waals surface area (Å²) in [6, 6.07) is 18.1. The lowest BCUT2D eigenvalue weighted by Gasteiger charge is -2.05. The van der Waals surface area contributed by atoms with E-state index in [0.29, 0.717) is 0 Å². The number of benzene rings is 2. The van der Waals surface area contributed by atoms with Crippen molar-refractivity contribution in [1.29, 1.82) is 0 Å². The molecule has 3 rings (SSSR count). The largest absolute Gasteiger partial charge is 0.494 e. The molecule has 21 heavy (non-hydrogen) atoms. The molecular weight excluding hydrogens is 326 g/mol. The van der Waals surface area contributed by atoms with Gasteiger partial charge in [0.1, 0.15) is 11.3 Å². The fourth-order valence-electron chi connectivity index (χ4n) is 2.18. The van der Waals surface area contributed by atoms with Gasteiger partial charge in [-0.15, -0.1) is 0 Å². The van der Waals surface area contributed by atoms with Crippen molar-refractivity contribution in [2.24, 2.45) is 0 Å². The maximum atomic E-state index is 5.37. The molecular formula is C18H14BrNO. The summed E-state index contributed by atoms with van der Waals surface area (Å²) in [5, 5.41) is 1.08. The molecule has 0 spiro atoms. The van der Waals surface area contributed by atoms with Crippen LogP contribution in [-0.4, -0.2) is 12.1 Å². The molecule has 0 atom stereocenters. The summed E-state index contributed by atoms with van der Waals surface area (Å²) in [7, 11) is 1.67. The predicted octanol–water partition coefficient (Wildman–Crippen LogP) is 5.18. The monoisotopic (exact) mass is 339 g/mol. The van der Waals surface area contributed by atoms with Gasteiger partial charge in [-0.25, -0.2) is 4.98 Å². The zero-order chi connectivity index (χ0) is 14.7. The average Bonchev–Trinajstić information content (AvgIpc) is 2.53. The van der Waals surface area contributed by atoms with Crippen LogP contribution in [0.25, 0.3) is 23.1 Å². The van der Waals surface area contributed by atoms with Crippen LogP contribution in [0.2, 0.25) is 0 Å². The molecule has 0 radical (unpaired) electrons. The van der Waals surface area contributed by atoms with Gasteiger partial charge in [0.05, 0.1) is 12.8 Å². The van der Waals surface area contributed by atoms with Gasteiger partial charge >= 0.3 is 0 Å². The lowest BCUT2D eigenvalue weighted by molar-refractivity contribution is 0.419. The number of rotatable bonds is 3. The van der Waals surface area contributed by atoms with Crippen molar-refractivity contribution in [3.63, 3.8) is 0 Å². The number of pyridine rings is 1. The van der Waals surface area contributed by atoms with Crippen LogP contribution in [0.4, 0.5) is 0 Å². The molecule has 1 aromatic heterocycles. The van der Waals surface area contributed by atoms with Gasteiger partial charge in [0, 0.05) is 9.86 Å². The molecule has 0 fully saturated rings. The number of nitrogens with zero attached hydrogens (tertiary/aromatic N) is 1. The smallest absolute Gasteiger partial charge is 0.145 e. The normalized spacial score (nSPS) is 11.1. The summed E-state index contributed by atoms with van der Waals surface area (Å²) in [4.78, 5) is 4.66. The molecule has 1 heterocycles. The molecule has 0 saturated heterocycles. The van der Waals surface area contributed by atoms with Crippen molar-refractivity contribution < 1.29 is 4.74 Å². The summed E-state index contributed by atoms with van der Waals surface area (Å²) in [5.74, 6) is 0.795. The van der Waals surface area contributed by atoms with E-state index in [1.54, 1.807) is 7.11 Å². The number of aromatic nitrogens is 1. The lowest BCUT2D eigenvalue weighted by Crippen LogP contribution is -1.89. The quantitative estimate of drug-likeness (QED) is 0.656. The fourth-order valence-corrected chi connectivity index (χ4v) is 2.59. The van der Waals surface area contributed by atoms with Gasteiger partial charge in [-0.2, -0.15) is 0 Å². The van der Waals surface area contributed by atoms with Crippen molar-refractivity contribution in [3.05, 3.63) is 70.3 Å². The summed E-state index contributed by atoms with van der Waals surface area (Å²) < 4.78 is 6.44. The van der Waals surface area contributed by atoms with Gasteiger partial charge in [-0.3, -0.25) is 0 Å². The van der Waals surface area contributed by atoms with E-state index < -0.39 is 0 Å². The van der Waals surface area contributed by atoms with Crippen LogP contribution in [0.5, 0.6) is 5.75 Å². The third-order valence-corrected chi connectivity index (χ3v) is 3.99. The maximum absolute atomic E-state index is 5.37. The van der Waals surface area contributed by atoms with Gasteiger partial charge in [-0.05, 0) is 29.8 Å². The number of halogens is 1. The summed E-state index contributed by atoms with van der Waals surface area (Å²) in [5.41, 5.74) is 2.91. The van der Waals surface area contributed by atoms with Crippen LogP contribution < -0.4 is 4.74 Å². The number of ether oxygens (including phenoxy) is 1. The van der Waals surface area contributed by atoms with Crippen molar-refractivity contribution in [3.8, 4) is 5.75 Å². The number of hydrogen-bond acceptors (Lipinski definition) is 2. The Morgan fingerprint density at radius 1 is 0.952 bits per heavy atom. The van der Waals surface area contributed by atoms with Crippen LogP contribution >= 0.6 is 15.9 Å². The molecule has 2 aromatic carbocycles. The third kappa shape index (κ3) is 2.98. The number of para-hydroxylation sites is 1. The highest BCUT2D eigenvalue weighted by Crippen LogP contribution is 2.24. The third-order valence-electron chi connectivity index (χ3n) is 3.26. The number of fused-ring (bicyclic) bond motifs is 1. The Bertz CT molecular complexity index is 811. The minimum atomic E-state index is 0.795. The van der Waals surface area contributed by atoms with E-state index in [1.807, 2.05) is 54.6 Å². The zero-order valence-corrected chi connectivity index (χ0v) is 13.2. The molecule has 2 nitrogen and oxygen atoms in total. The molecule has 0 aliphatic rings. The van der Waals surface area contributed by atoms with E-state index in [9.17, 15) is 0 Å². The Balaban J connectivity index is 2.00. The second-order valence-corrected chi connectivity index (χ2v) is 5.48. The zero-order valence-electron chi connectivity index (χ0n) is 11.6. The standard InChI is InChI=1S/C18H14BrNO/c1-21-17-8-4-6-14-10-12-15(20-18(14)17)11-9-13-5-2-3-7-16(13)19/h2-12H,1H3.